The van der Waals surface area contributed by atoms with Crippen molar-refractivity contribution in [3.63, 3.8) is 0 Å². The molecule has 0 spiro atoms. The van der Waals surface area contributed by atoms with E-state index >= 15 is 0 Å². The third-order valence-electron chi connectivity index (χ3n) is 2.78. The lowest BCUT2D eigenvalue weighted by molar-refractivity contribution is -0.137. The summed E-state index contributed by atoms with van der Waals surface area (Å²) >= 11 is 4.84. The Hall–Kier alpha value is -1.46. The highest BCUT2D eigenvalue weighted by Crippen LogP contribution is 2.30. The summed E-state index contributed by atoms with van der Waals surface area (Å²) in [5.41, 5.74) is 1.10. The largest absolute Gasteiger partial charge is 0.468 e. The number of ether oxygens (including phenoxy) is 2. The average Bonchev–Trinajstić information content (AvgIpc) is 2.49. The van der Waals surface area contributed by atoms with E-state index in [9.17, 15) is 4.79 Å². The molecule has 0 N–H and O–H groups in total. The van der Waals surface area contributed by atoms with Gasteiger partial charge in [0.1, 0.15) is 11.5 Å². The minimum Gasteiger partial charge on any atom is -0.468 e. The number of methoxy groups -OCH3 is 1. The zero-order valence-electron chi connectivity index (χ0n) is 11.8. The van der Waals surface area contributed by atoms with Gasteiger partial charge in [0.15, 0.2) is 0 Å². The molecule has 0 heterocycles. The van der Waals surface area contributed by atoms with Crippen LogP contribution in [0, 0.1) is 6.92 Å². The molecule has 0 amide bonds. The van der Waals surface area contributed by atoms with Crippen molar-refractivity contribution in [1.29, 1.82) is 0 Å². The molecule has 0 radical (unpaired) electrons. The fourth-order valence-corrected chi connectivity index (χ4v) is 2.78. The first-order valence-electron chi connectivity index (χ1n) is 6.32. The first-order chi connectivity index (χ1) is 10.1. The second-order valence-electron chi connectivity index (χ2n) is 4.35. The van der Waals surface area contributed by atoms with Gasteiger partial charge in [0.05, 0.1) is 12.9 Å². The quantitative estimate of drug-likeness (QED) is 0.561. The van der Waals surface area contributed by atoms with Crippen LogP contribution in [0.3, 0.4) is 0 Å². The van der Waals surface area contributed by atoms with Crippen LogP contribution in [0.25, 0.3) is 0 Å². The predicted octanol–water partition coefficient (Wildman–Crippen LogP) is 4.81. The van der Waals surface area contributed by atoms with Crippen molar-refractivity contribution in [2.45, 2.75) is 11.8 Å². The van der Waals surface area contributed by atoms with Crippen molar-refractivity contribution in [2.24, 2.45) is 0 Å². The van der Waals surface area contributed by atoms with Crippen molar-refractivity contribution in [3.8, 4) is 11.5 Å². The average molecular weight is 367 g/mol. The van der Waals surface area contributed by atoms with E-state index < -0.39 is 0 Å². The third kappa shape index (κ3) is 4.79. The first kappa shape index (κ1) is 15.9. The van der Waals surface area contributed by atoms with E-state index in [2.05, 4.69) is 20.7 Å². The molecule has 2 rings (SSSR count). The van der Waals surface area contributed by atoms with Gasteiger partial charge in [-0.3, -0.25) is 4.79 Å². The van der Waals surface area contributed by atoms with Crippen LogP contribution in [-0.2, 0) is 9.53 Å². The summed E-state index contributed by atoms with van der Waals surface area (Å²) in [6.45, 7) is 2.00. The van der Waals surface area contributed by atoms with Gasteiger partial charge >= 0.3 is 5.97 Å². The molecule has 0 atom stereocenters. The molecule has 0 saturated carbocycles. The molecular weight excluding hydrogens is 352 g/mol. The van der Waals surface area contributed by atoms with Gasteiger partial charge in [-0.1, -0.05) is 22.0 Å². The van der Waals surface area contributed by atoms with Crippen LogP contribution in [0.1, 0.15) is 5.56 Å². The maximum atomic E-state index is 11.2. The summed E-state index contributed by atoms with van der Waals surface area (Å²) in [7, 11) is 1.39. The summed E-state index contributed by atoms with van der Waals surface area (Å²) in [6.07, 6.45) is 0. The molecule has 5 heteroatoms. The molecule has 3 nitrogen and oxygen atoms in total. The Morgan fingerprint density at radius 2 is 1.81 bits per heavy atom. The SMILES string of the molecule is COC(=O)CSc1cc(Oc2ccc(Br)cc2)ccc1C. The van der Waals surface area contributed by atoms with Crippen molar-refractivity contribution >= 4 is 33.7 Å². The Labute approximate surface area is 136 Å². The maximum Gasteiger partial charge on any atom is 0.315 e. The molecular formula is C16H15BrO3S. The molecule has 21 heavy (non-hydrogen) atoms. The fraction of sp³-hybridized carbons (Fsp3) is 0.188. The summed E-state index contributed by atoms with van der Waals surface area (Å²) in [6, 6.07) is 13.5. The number of aryl methyl sites for hydroxylation is 1. The molecule has 0 saturated heterocycles. The third-order valence-corrected chi connectivity index (χ3v) is 4.44. The molecule has 0 aliphatic rings. The van der Waals surface area contributed by atoms with E-state index in [0.717, 1.165) is 26.4 Å². The highest BCUT2D eigenvalue weighted by Gasteiger charge is 2.07. The van der Waals surface area contributed by atoms with Gasteiger partial charge in [0.2, 0.25) is 0 Å². The molecule has 2 aromatic carbocycles. The van der Waals surface area contributed by atoms with E-state index in [1.165, 1.54) is 18.9 Å². The highest BCUT2D eigenvalue weighted by atomic mass is 79.9. The van der Waals surface area contributed by atoms with E-state index in [-0.39, 0.29) is 5.97 Å². The number of carbonyl (C=O) groups is 1. The second kappa shape index (κ2) is 7.52. The minimum absolute atomic E-state index is 0.237. The van der Waals surface area contributed by atoms with Gasteiger partial charge in [0, 0.05) is 9.37 Å². The molecule has 0 aromatic heterocycles. The minimum atomic E-state index is -0.237. The van der Waals surface area contributed by atoms with Crippen LogP contribution < -0.4 is 4.74 Å². The molecule has 2 aromatic rings. The predicted molar refractivity (Wildman–Crippen MR) is 88.1 cm³/mol. The van der Waals surface area contributed by atoms with Crippen molar-refractivity contribution in [3.05, 3.63) is 52.5 Å². The zero-order valence-corrected chi connectivity index (χ0v) is 14.2. The Morgan fingerprint density at radius 1 is 1.14 bits per heavy atom. The number of benzene rings is 2. The maximum absolute atomic E-state index is 11.2. The van der Waals surface area contributed by atoms with Crippen LogP contribution in [0.4, 0.5) is 0 Å². The standard InChI is InChI=1S/C16H15BrO3S/c1-11-3-6-14(9-15(11)21-10-16(18)19-2)20-13-7-4-12(17)5-8-13/h3-9H,10H2,1-2H3. The first-order valence-corrected chi connectivity index (χ1v) is 8.10. The van der Waals surface area contributed by atoms with Crippen LogP contribution in [-0.4, -0.2) is 18.8 Å². The van der Waals surface area contributed by atoms with Gasteiger partial charge < -0.3 is 9.47 Å². The van der Waals surface area contributed by atoms with Gasteiger partial charge in [-0.15, -0.1) is 11.8 Å². The number of carbonyl (C=O) groups excluding carboxylic acids is 1. The summed E-state index contributed by atoms with van der Waals surface area (Å²) in [4.78, 5) is 12.2. The lowest BCUT2D eigenvalue weighted by atomic mass is 10.2. The Morgan fingerprint density at radius 3 is 2.48 bits per heavy atom. The van der Waals surface area contributed by atoms with Gasteiger partial charge in [0.25, 0.3) is 0 Å². The van der Waals surface area contributed by atoms with E-state index in [1.54, 1.807) is 0 Å². The lowest BCUT2D eigenvalue weighted by Gasteiger charge is -2.10. The highest BCUT2D eigenvalue weighted by molar-refractivity contribution is 9.10. The van der Waals surface area contributed by atoms with E-state index in [4.69, 9.17) is 4.74 Å². The summed E-state index contributed by atoms with van der Waals surface area (Å²) in [5.74, 6) is 1.57. The van der Waals surface area contributed by atoms with E-state index in [1.807, 2.05) is 49.4 Å². The fourth-order valence-electron chi connectivity index (χ4n) is 1.63. The second-order valence-corrected chi connectivity index (χ2v) is 6.28. The lowest BCUT2D eigenvalue weighted by Crippen LogP contribution is -2.03. The van der Waals surface area contributed by atoms with Gasteiger partial charge in [-0.25, -0.2) is 0 Å². The van der Waals surface area contributed by atoms with Crippen molar-refractivity contribution < 1.29 is 14.3 Å². The normalized spacial score (nSPS) is 10.2. The Kier molecular flexibility index (Phi) is 5.70. The monoisotopic (exact) mass is 366 g/mol. The van der Waals surface area contributed by atoms with Gasteiger partial charge in [-0.05, 0) is 48.9 Å². The van der Waals surface area contributed by atoms with Crippen LogP contribution in [0.2, 0.25) is 0 Å². The smallest absolute Gasteiger partial charge is 0.315 e. The topological polar surface area (TPSA) is 35.5 Å². The summed E-state index contributed by atoms with van der Waals surface area (Å²) < 4.78 is 11.5. The molecule has 110 valence electrons. The number of hydrogen-bond donors (Lipinski definition) is 0. The van der Waals surface area contributed by atoms with Crippen molar-refractivity contribution in [2.75, 3.05) is 12.9 Å². The van der Waals surface area contributed by atoms with Crippen LogP contribution in [0.5, 0.6) is 11.5 Å². The summed E-state index contributed by atoms with van der Waals surface area (Å²) in [5, 5.41) is 0. The molecule has 0 aliphatic carbocycles. The molecule has 0 bridgehead atoms. The van der Waals surface area contributed by atoms with Crippen molar-refractivity contribution in [1.82, 2.24) is 0 Å². The number of halogens is 1. The van der Waals surface area contributed by atoms with E-state index in [0.29, 0.717) is 5.75 Å². The molecule has 0 fully saturated rings. The number of thioether (sulfide) groups is 1. The van der Waals surface area contributed by atoms with Crippen LogP contribution in [0.15, 0.2) is 51.8 Å². The number of hydrogen-bond acceptors (Lipinski definition) is 4. The van der Waals surface area contributed by atoms with Gasteiger partial charge in [-0.2, -0.15) is 0 Å². The number of esters is 1. The Balaban J connectivity index is 2.10. The molecule has 0 unspecified atom stereocenters. The Bertz CT molecular complexity index is 626. The zero-order chi connectivity index (χ0) is 15.2. The molecule has 0 aliphatic heterocycles. The number of rotatable bonds is 5. The van der Waals surface area contributed by atoms with Crippen LogP contribution >= 0.6 is 27.7 Å².